The van der Waals surface area contributed by atoms with Gasteiger partial charge in [-0.25, -0.2) is 0 Å². The lowest BCUT2D eigenvalue weighted by molar-refractivity contribution is 0.112. The zero-order valence-electron chi connectivity index (χ0n) is 12.4. The molecule has 0 aliphatic heterocycles. The average molecular weight is 265 g/mol. The van der Waals surface area contributed by atoms with Gasteiger partial charge in [-0.3, -0.25) is 0 Å². The SMILES string of the molecule is CCC(CC)(CO)CNCCOc1cccc(C)c1. The quantitative estimate of drug-likeness (QED) is 0.675. The van der Waals surface area contributed by atoms with Gasteiger partial charge < -0.3 is 15.2 Å². The number of ether oxygens (including phenoxy) is 1. The number of rotatable bonds is 9. The highest BCUT2D eigenvalue weighted by molar-refractivity contribution is 5.27. The van der Waals surface area contributed by atoms with Gasteiger partial charge in [-0.2, -0.15) is 0 Å². The van der Waals surface area contributed by atoms with E-state index < -0.39 is 0 Å². The number of aliphatic hydroxyl groups excluding tert-OH is 1. The van der Waals surface area contributed by atoms with Crippen LogP contribution in [0.3, 0.4) is 0 Å². The number of hydrogen-bond acceptors (Lipinski definition) is 3. The molecule has 2 N–H and O–H groups in total. The summed E-state index contributed by atoms with van der Waals surface area (Å²) in [5.74, 6) is 0.918. The molecule has 0 radical (unpaired) electrons. The van der Waals surface area contributed by atoms with E-state index in [-0.39, 0.29) is 12.0 Å². The van der Waals surface area contributed by atoms with Gasteiger partial charge in [0.1, 0.15) is 12.4 Å². The minimum atomic E-state index is 0.0172. The Morgan fingerprint density at radius 1 is 1.26 bits per heavy atom. The average Bonchev–Trinajstić information content (AvgIpc) is 2.44. The largest absolute Gasteiger partial charge is 0.492 e. The second-order valence-electron chi connectivity index (χ2n) is 5.21. The Hall–Kier alpha value is -1.06. The predicted molar refractivity (Wildman–Crippen MR) is 79.6 cm³/mol. The molecule has 1 aromatic carbocycles. The molecule has 1 aromatic rings. The first-order valence-electron chi connectivity index (χ1n) is 7.17. The van der Waals surface area contributed by atoms with Gasteiger partial charge in [-0.05, 0) is 37.5 Å². The summed E-state index contributed by atoms with van der Waals surface area (Å²) in [7, 11) is 0. The van der Waals surface area contributed by atoms with E-state index in [0.29, 0.717) is 6.61 Å². The van der Waals surface area contributed by atoms with Crippen LogP contribution in [0.1, 0.15) is 32.3 Å². The molecule has 108 valence electrons. The van der Waals surface area contributed by atoms with Crippen molar-refractivity contribution in [1.29, 1.82) is 0 Å². The van der Waals surface area contributed by atoms with E-state index in [1.54, 1.807) is 0 Å². The summed E-state index contributed by atoms with van der Waals surface area (Å²) in [4.78, 5) is 0. The van der Waals surface area contributed by atoms with Gasteiger partial charge in [0.25, 0.3) is 0 Å². The third-order valence-corrected chi connectivity index (χ3v) is 3.87. The van der Waals surface area contributed by atoms with Crippen LogP contribution in [0.2, 0.25) is 0 Å². The van der Waals surface area contributed by atoms with Crippen LogP contribution in [0.5, 0.6) is 5.75 Å². The van der Waals surface area contributed by atoms with E-state index >= 15 is 0 Å². The fourth-order valence-electron chi connectivity index (χ4n) is 2.08. The van der Waals surface area contributed by atoms with Crippen molar-refractivity contribution in [2.45, 2.75) is 33.6 Å². The van der Waals surface area contributed by atoms with Crippen molar-refractivity contribution < 1.29 is 9.84 Å². The van der Waals surface area contributed by atoms with E-state index in [0.717, 1.165) is 31.7 Å². The maximum Gasteiger partial charge on any atom is 0.119 e. The fourth-order valence-corrected chi connectivity index (χ4v) is 2.08. The lowest BCUT2D eigenvalue weighted by Gasteiger charge is -2.29. The Kier molecular flexibility index (Phi) is 6.89. The van der Waals surface area contributed by atoms with Crippen LogP contribution < -0.4 is 10.1 Å². The van der Waals surface area contributed by atoms with E-state index in [9.17, 15) is 5.11 Å². The van der Waals surface area contributed by atoms with E-state index in [1.807, 2.05) is 18.2 Å². The molecule has 3 heteroatoms. The summed E-state index contributed by atoms with van der Waals surface area (Å²) >= 11 is 0. The first-order chi connectivity index (χ1) is 9.15. The summed E-state index contributed by atoms with van der Waals surface area (Å²) < 4.78 is 5.68. The molecule has 3 nitrogen and oxygen atoms in total. The van der Waals surface area contributed by atoms with Gasteiger partial charge in [0.05, 0.1) is 0 Å². The van der Waals surface area contributed by atoms with Gasteiger partial charge in [0.2, 0.25) is 0 Å². The molecule has 0 saturated heterocycles. The van der Waals surface area contributed by atoms with Crippen molar-refractivity contribution in [1.82, 2.24) is 5.32 Å². The fraction of sp³-hybridized carbons (Fsp3) is 0.625. The highest BCUT2D eigenvalue weighted by atomic mass is 16.5. The van der Waals surface area contributed by atoms with Crippen LogP contribution in [0.15, 0.2) is 24.3 Å². The predicted octanol–water partition coefficient (Wildman–Crippen LogP) is 2.76. The van der Waals surface area contributed by atoms with Crippen LogP contribution in [-0.4, -0.2) is 31.4 Å². The maximum absolute atomic E-state index is 9.47. The van der Waals surface area contributed by atoms with E-state index in [4.69, 9.17) is 4.74 Å². The van der Waals surface area contributed by atoms with E-state index in [1.165, 1.54) is 5.56 Å². The minimum absolute atomic E-state index is 0.0172. The molecule has 0 unspecified atom stereocenters. The summed E-state index contributed by atoms with van der Waals surface area (Å²) in [6.07, 6.45) is 1.98. The monoisotopic (exact) mass is 265 g/mol. The molecule has 19 heavy (non-hydrogen) atoms. The Labute approximate surface area is 117 Å². The summed E-state index contributed by atoms with van der Waals surface area (Å²) in [5.41, 5.74) is 1.23. The second kappa shape index (κ2) is 8.18. The normalized spacial score (nSPS) is 11.6. The molecule has 0 aliphatic carbocycles. The molecular weight excluding hydrogens is 238 g/mol. The van der Waals surface area contributed by atoms with Gasteiger partial charge >= 0.3 is 0 Å². The van der Waals surface area contributed by atoms with Crippen molar-refractivity contribution in [3.05, 3.63) is 29.8 Å². The standard InChI is InChI=1S/C16H27NO2/c1-4-16(5-2,13-18)12-17-9-10-19-15-8-6-7-14(3)11-15/h6-8,11,17-18H,4-5,9-10,12-13H2,1-3H3. The zero-order chi connectivity index (χ0) is 14.1. The summed E-state index contributed by atoms with van der Waals surface area (Å²) in [5, 5.41) is 12.8. The van der Waals surface area contributed by atoms with Crippen LogP contribution in [0, 0.1) is 12.3 Å². The molecule has 0 spiro atoms. The van der Waals surface area contributed by atoms with Gasteiger partial charge in [0, 0.05) is 25.1 Å². The molecule has 0 fully saturated rings. The maximum atomic E-state index is 9.47. The molecule has 0 saturated carbocycles. The van der Waals surface area contributed by atoms with Gasteiger partial charge in [0.15, 0.2) is 0 Å². The van der Waals surface area contributed by atoms with Crippen LogP contribution in [0.4, 0.5) is 0 Å². The molecule has 0 aliphatic rings. The summed E-state index contributed by atoms with van der Waals surface area (Å²) in [6, 6.07) is 8.07. The topological polar surface area (TPSA) is 41.5 Å². The molecular formula is C16H27NO2. The first kappa shape index (κ1) is 16.0. The number of benzene rings is 1. The van der Waals surface area contributed by atoms with Crippen LogP contribution >= 0.6 is 0 Å². The van der Waals surface area contributed by atoms with Crippen molar-refractivity contribution in [2.75, 3.05) is 26.3 Å². The van der Waals surface area contributed by atoms with Crippen molar-refractivity contribution in [3.8, 4) is 5.75 Å². The lowest BCUT2D eigenvalue weighted by atomic mass is 9.83. The molecule has 0 amide bonds. The zero-order valence-corrected chi connectivity index (χ0v) is 12.4. The molecule has 0 bridgehead atoms. The van der Waals surface area contributed by atoms with Gasteiger partial charge in [-0.15, -0.1) is 0 Å². The Balaban J connectivity index is 2.24. The van der Waals surface area contributed by atoms with Crippen LogP contribution in [-0.2, 0) is 0 Å². The minimum Gasteiger partial charge on any atom is -0.492 e. The van der Waals surface area contributed by atoms with Crippen molar-refractivity contribution in [2.24, 2.45) is 5.41 Å². The number of aliphatic hydroxyl groups is 1. The summed E-state index contributed by atoms with van der Waals surface area (Å²) in [6.45, 7) is 8.85. The van der Waals surface area contributed by atoms with Crippen molar-refractivity contribution in [3.63, 3.8) is 0 Å². The highest BCUT2D eigenvalue weighted by Gasteiger charge is 2.24. The number of nitrogens with one attached hydrogen (secondary N) is 1. The second-order valence-corrected chi connectivity index (χ2v) is 5.21. The highest BCUT2D eigenvalue weighted by Crippen LogP contribution is 2.24. The Morgan fingerprint density at radius 3 is 2.58 bits per heavy atom. The Bertz CT molecular complexity index is 353. The third-order valence-electron chi connectivity index (χ3n) is 3.87. The van der Waals surface area contributed by atoms with Gasteiger partial charge in [-0.1, -0.05) is 26.0 Å². The van der Waals surface area contributed by atoms with Crippen molar-refractivity contribution >= 4 is 0 Å². The number of aryl methyl sites for hydroxylation is 1. The third kappa shape index (κ3) is 5.21. The molecule has 0 aromatic heterocycles. The smallest absolute Gasteiger partial charge is 0.119 e. The van der Waals surface area contributed by atoms with Crippen LogP contribution in [0.25, 0.3) is 0 Å². The Morgan fingerprint density at radius 2 is 2.00 bits per heavy atom. The molecule has 1 rings (SSSR count). The lowest BCUT2D eigenvalue weighted by Crippen LogP contribution is -2.38. The first-order valence-corrected chi connectivity index (χ1v) is 7.17. The van der Waals surface area contributed by atoms with E-state index in [2.05, 4.69) is 32.2 Å². The molecule has 0 atom stereocenters. The number of hydrogen-bond donors (Lipinski definition) is 2. The molecule has 0 heterocycles.